The topological polar surface area (TPSA) is 85.9 Å². The van der Waals surface area contributed by atoms with Crippen molar-refractivity contribution in [1.29, 1.82) is 0 Å². The Bertz CT molecular complexity index is 974. The van der Waals surface area contributed by atoms with E-state index in [1.807, 2.05) is 27.3 Å². The lowest BCUT2D eigenvalue weighted by molar-refractivity contribution is -0.135. The Morgan fingerprint density at radius 2 is 2.06 bits per heavy atom. The highest BCUT2D eigenvalue weighted by molar-refractivity contribution is 7.12. The van der Waals surface area contributed by atoms with Crippen LogP contribution in [0.4, 0.5) is 0 Å². The van der Waals surface area contributed by atoms with Crippen molar-refractivity contribution in [2.75, 3.05) is 39.3 Å². The maximum absolute atomic E-state index is 13.7. The first-order valence-corrected chi connectivity index (χ1v) is 12.9. The summed E-state index contributed by atoms with van der Waals surface area (Å²) in [7, 11) is 0. The Balaban J connectivity index is 1.63. The number of amides is 3. The monoisotopic (exact) mass is 483 g/mol. The first-order valence-electron chi connectivity index (χ1n) is 12.0. The van der Waals surface area contributed by atoms with Crippen LogP contribution >= 0.6 is 11.3 Å². The Morgan fingerprint density at radius 3 is 2.76 bits per heavy atom. The average molecular weight is 484 g/mol. The van der Waals surface area contributed by atoms with Gasteiger partial charge in [0.2, 0.25) is 5.91 Å². The van der Waals surface area contributed by atoms with E-state index in [0.29, 0.717) is 43.0 Å². The zero-order chi connectivity index (χ0) is 24.1. The van der Waals surface area contributed by atoms with Crippen LogP contribution in [-0.2, 0) is 4.79 Å². The molecule has 0 radical (unpaired) electrons. The molecule has 2 fully saturated rings. The smallest absolute Gasteiger partial charge is 0.264 e. The Hall–Kier alpha value is -2.78. The maximum Gasteiger partial charge on any atom is 0.264 e. The standard InChI is InChI=1S/C25H33N5O3S/c1-18(2)16-29(25(33)22-7-4-13-34-22)20-14-21(24(32)28-11-5-9-26-10-12-28)30(17-20)23(31)19-6-3-8-27-15-19/h3-4,6-8,13,15,18,20-21,26H,5,9-12,14,16-17H2,1-2H3. The van der Waals surface area contributed by atoms with Crippen molar-refractivity contribution < 1.29 is 14.4 Å². The van der Waals surface area contributed by atoms with Crippen molar-refractivity contribution in [3.05, 3.63) is 52.5 Å². The van der Waals surface area contributed by atoms with Crippen LogP contribution in [0, 0.1) is 5.92 Å². The van der Waals surface area contributed by atoms with Gasteiger partial charge in [-0.3, -0.25) is 19.4 Å². The molecule has 0 aliphatic carbocycles. The molecule has 0 bridgehead atoms. The second-order valence-electron chi connectivity index (χ2n) is 9.36. The van der Waals surface area contributed by atoms with Crippen LogP contribution in [0.5, 0.6) is 0 Å². The molecule has 2 aliphatic rings. The zero-order valence-electron chi connectivity index (χ0n) is 19.9. The third kappa shape index (κ3) is 5.47. The maximum atomic E-state index is 13.7. The number of thiophene rings is 1. The normalized spacial score (nSPS) is 20.9. The van der Waals surface area contributed by atoms with Gasteiger partial charge in [0.15, 0.2) is 0 Å². The van der Waals surface area contributed by atoms with Gasteiger partial charge in [0.1, 0.15) is 6.04 Å². The van der Waals surface area contributed by atoms with Crippen molar-refractivity contribution in [2.24, 2.45) is 5.92 Å². The number of hydrogen-bond acceptors (Lipinski definition) is 6. The number of pyridine rings is 1. The number of nitrogens with one attached hydrogen (secondary N) is 1. The number of likely N-dealkylation sites (tertiary alicyclic amines) is 1. The summed E-state index contributed by atoms with van der Waals surface area (Å²) >= 11 is 1.42. The fraction of sp³-hybridized carbons (Fsp3) is 0.520. The number of hydrogen-bond donors (Lipinski definition) is 1. The van der Waals surface area contributed by atoms with Crippen LogP contribution in [-0.4, -0.2) is 88.8 Å². The third-order valence-electron chi connectivity index (χ3n) is 6.38. The van der Waals surface area contributed by atoms with Crippen molar-refractivity contribution in [1.82, 2.24) is 25.0 Å². The lowest BCUT2D eigenvalue weighted by Crippen LogP contribution is -2.48. The summed E-state index contributed by atoms with van der Waals surface area (Å²) in [6, 6.07) is 6.34. The summed E-state index contributed by atoms with van der Waals surface area (Å²) in [5, 5.41) is 5.22. The predicted octanol–water partition coefficient (Wildman–Crippen LogP) is 2.35. The number of aromatic nitrogens is 1. The van der Waals surface area contributed by atoms with Crippen molar-refractivity contribution in [3.63, 3.8) is 0 Å². The van der Waals surface area contributed by atoms with E-state index < -0.39 is 6.04 Å². The molecule has 1 N–H and O–H groups in total. The molecule has 4 heterocycles. The summed E-state index contributed by atoms with van der Waals surface area (Å²) in [6.45, 7) is 7.99. The summed E-state index contributed by atoms with van der Waals surface area (Å²) in [6.07, 6.45) is 4.49. The summed E-state index contributed by atoms with van der Waals surface area (Å²) in [5.41, 5.74) is 0.457. The van der Waals surface area contributed by atoms with Crippen molar-refractivity contribution in [3.8, 4) is 0 Å². The van der Waals surface area contributed by atoms with Crippen LogP contribution in [0.25, 0.3) is 0 Å². The van der Waals surface area contributed by atoms with Crippen LogP contribution in [0.1, 0.15) is 46.7 Å². The highest BCUT2D eigenvalue weighted by Gasteiger charge is 2.45. The van der Waals surface area contributed by atoms with E-state index in [1.54, 1.807) is 23.2 Å². The van der Waals surface area contributed by atoms with Gasteiger partial charge >= 0.3 is 0 Å². The van der Waals surface area contributed by atoms with Gasteiger partial charge in [-0.25, -0.2) is 0 Å². The molecular formula is C25H33N5O3S. The average Bonchev–Trinajstić information content (AvgIpc) is 3.46. The lowest BCUT2D eigenvalue weighted by atomic mass is 10.1. The van der Waals surface area contributed by atoms with Gasteiger partial charge in [0.25, 0.3) is 11.8 Å². The third-order valence-corrected chi connectivity index (χ3v) is 7.24. The fourth-order valence-corrected chi connectivity index (χ4v) is 5.44. The molecule has 2 aromatic rings. The molecule has 182 valence electrons. The van der Waals surface area contributed by atoms with Crippen LogP contribution in [0.3, 0.4) is 0 Å². The Kier molecular flexibility index (Phi) is 7.95. The van der Waals surface area contributed by atoms with Gasteiger partial charge in [-0.2, -0.15) is 0 Å². The van der Waals surface area contributed by atoms with E-state index in [4.69, 9.17) is 0 Å². The van der Waals surface area contributed by atoms with Gasteiger partial charge in [-0.15, -0.1) is 11.3 Å². The number of carbonyl (C=O) groups is 3. The van der Waals surface area contributed by atoms with Gasteiger partial charge in [0.05, 0.1) is 16.5 Å². The fourth-order valence-electron chi connectivity index (χ4n) is 4.76. The SMILES string of the molecule is CC(C)CN(C(=O)c1cccs1)C1CC(C(=O)N2CCCNCC2)N(C(=O)c2cccnc2)C1. The van der Waals surface area contributed by atoms with Gasteiger partial charge < -0.3 is 20.0 Å². The van der Waals surface area contributed by atoms with Crippen LogP contribution in [0.15, 0.2) is 42.0 Å². The van der Waals surface area contributed by atoms with E-state index in [-0.39, 0.29) is 29.7 Å². The summed E-state index contributed by atoms with van der Waals surface area (Å²) < 4.78 is 0. The molecular weight excluding hydrogens is 450 g/mol. The Morgan fingerprint density at radius 1 is 1.21 bits per heavy atom. The lowest BCUT2D eigenvalue weighted by Gasteiger charge is -2.30. The van der Waals surface area contributed by atoms with Crippen LogP contribution < -0.4 is 5.32 Å². The molecule has 0 aromatic carbocycles. The summed E-state index contributed by atoms with van der Waals surface area (Å²) in [4.78, 5) is 50.8. The second-order valence-corrected chi connectivity index (χ2v) is 10.3. The predicted molar refractivity (Wildman–Crippen MR) is 132 cm³/mol. The molecule has 8 nitrogen and oxygen atoms in total. The minimum absolute atomic E-state index is 0.0310. The number of rotatable bonds is 6. The molecule has 3 amide bonds. The molecule has 2 saturated heterocycles. The van der Waals surface area contributed by atoms with Gasteiger partial charge in [0, 0.05) is 45.1 Å². The minimum Gasteiger partial charge on any atom is -0.340 e. The minimum atomic E-state index is -0.596. The van der Waals surface area contributed by atoms with E-state index >= 15 is 0 Å². The highest BCUT2D eigenvalue weighted by atomic mass is 32.1. The largest absolute Gasteiger partial charge is 0.340 e. The number of nitrogens with zero attached hydrogens (tertiary/aromatic N) is 4. The molecule has 2 aromatic heterocycles. The molecule has 2 aliphatic heterocycles. The zero-order valence-corrected chi connectivity index (χ0v) is 20.7. The first-order chi connectivity index (χ1) is 16.5. The van der Waals surface area contributed by atoms with Crippen LogP contribution in [0.2, 0.25) is 0 Å². The molecule has 9 heteroatoms. The van der Waals surface area contributed by atoms with E-state index in [9.17, 15) is 14.4 Å². The summed E-state index contributed by atoms with van der Waals surface area (Å²) in [5.74, 6) is -0.0150. The van der Waals surface area contributed by atoms with E-state index in [1.165, 1.54) is 17.5 Å². The highest BCUT2D eigenvalue weighted by Crippen LogP contribution is 2.28. The molecule has 0 spiro atoms. The molecule has 34 heavy (non-hydrogen) atoms. The van der Waals surface area contributed by atoms with Crippen molar-refractivity contribution >= 4 is 29.1 Å². The molecule has 2 unspecified atom stereocenters. The Labute approximate surface area is 204 Å². The van der Waals surface area contributed by atoms with E-state index in [0.717, 1.165) is 19.5 Å². The number of carbonyl (C=O) groups excluding carboxylic acids is 3. The molecule has 4 rings (SSSR count). The van der Waals surface area contributed by atoms with E-state index in [2.05, 4.69) is 24.1 Å². The van der Waals surface area contributed by atoms with Gasteiger partial charge in [-0.1, -0.05) is 19.9 Å². The molecule has 0 saturated carbocycles. The first kappa shape index (κ1) is 24.3. The second kappa shape index (κ2) is 11.1. The molecule has 2 atom stereocenters. The quantitative estimate of drug-likeness (QED) is 0.682. The van der Waals surface area contributed by atoms with Gasteiger partial charge in [-0.05, 0) is 48.9 Å². The van der Waals surface area contributed by atoms with Crippen molar-refractivity contribution in [2.45, 2.75) is 38.8 Å².